The minimum atomic E-state index is -0.462. The lowest BCUT2D eigenvalue weighted by Crippen LogP contribution is -2.42. The number of carbonyl (C=O) groups is 3. The number of Topliss-reactive ketones (excluding diaryl/α,β-unsaturated/α-hetero) is 1. The third-order valence-electron chi connectivity index (χ3n) is 3.33. The van der Waals surface area contributed by atoms with Crippen molar-refractivity contribution in [1.82, 2.24) is 0 Å². The Kier molecular flexibility index (Phi) is 3.88. The van der Waals surface area contributed by atoms with E-state index in [1.807, 2.05) is 6.92 Å². The van der Waals surface area contributed by atoms with E-state index in [9.17, 15) is 14.4 Å². The molecule has 0 bridgehead atoms. The van der Waals surface area contributed by atoms with Crippen LogP contribution in [0.15, 0.2) is 18.2 Å². The number of hydrogen-bond donors (Lipinski definition) is 0. The number of anilines is 1. The molecule has 1 aromatic carbocycles. The molecular formula is C15H17NO4. The van der Waals surface area contributed by atoms with Crippen LogP contribution in [0.2, 0.25) is 0 Å². The maximum atomic E-state index is 12.1. The van der Waals surface area contributed by atoms with Crippen LogP contribution in [0.1, 0.15) is 47.9 Å². The molecule has 0 aliphatic carbocycles. The Balaban J connectivity index is 2.47. The molecule has 0 spiro atoms. The minimum Gasteiger partial charge on any atom is -0.462 e. The van der Waals surface area contributed by atoms with E-state index in [-0.39, 0.29) is 30.8 Å². The Morgan fingerprint density at radius 1 is 1.40 bits per heavy atom. The number of nitrogens with zero attached hydrogens (tertiary/aromatic N) is 1. The highest BCUT2D eigenvalue weighted by Crippen LogP contribution is 2.31. The molecule has 0 N–H and O–H groups in total. The van der Waals surface area contributed by atoms with Crippen molar-refractivity contribution >= 4 is 23.3 Å². The first kappa shape index (κ1) is 14.2. The van der Waals surface area contributed by atoms with Gasteiger partial charge in [0.05, 0.1) is 17.9 Å². The van der Waals surface area contributed by atoms with Crippen LogP contribution in [0.5, 0.6) is 0 Å². The molecule has 1 heterocycles. The fraction of sp³-hybridized carbons (Fsp3) is 0.400. The van der Waals surface area contributed by atoms with E-state index in [0.717, 1.165) is 0 Å². The van der Waals surface area contributed by atoms with Crippen molar-refractivity contribution < 1.29 is 19.1 Å². The summed E-state index contributed by atoms with van der Waals surface area (Å²) in [6, 6.07) is 4.56. The van der Waals surface area contributed by atoms with Crippen LogP contribution < -0.4 is 4.90 Å². The van der Waals surface area contributed by atoms with E-state index in [0.29, 0.717) is 16.8 Å². The third kappa shape index (κ3) is 2.43. The molecule has 106 valence electrons. The summed E-state index contributed by atoms with van der Waals surface area (Å²) in [5.41, 5.74) is 1.30. The van der Waals surface area contributed by atoms with Crippen molar-refractivity contribution in [1.29, 1.82) is 0 Å². The summed E-state index contributed by atoms with van der Waals surface area (Å²) in [7, 11) is 0. The maximum Gasteiger partial charge on any atom is 0.338 e. The highest BCUT2D eigenvalue weighted by Gasteiger charge is 2.31. The lowest BCUT2D eigenvalue weighted by Gasteiger charge is -2.33. The second kappa shape index (κ2) is 5.45. The molecule has 1 atom stereocenters. The van der Waals surface area contributed by atoms with Gasteiger partial charge in [0.15, 0.2) is 5.78 Å². The summed E-state index contributed by atoms with van der Waals surface area (Å²) in [4.78, 5) is 37.1. The first-order valence-electron chi connectivity index (χ1n) is 6.59. The fourth-order valence-corrected chi connectivity index (χ4v) is 2.50. The normalized spacial score (nSPS) is 17.6. The molecule has 0 radical (unpaired) electrons. The van der Waals surface area contributed by atoms with Gasteiger partial charge in [0.2, 0.25) is 5.91 Å². The second-order valence-electron chi connectivity index (χ2n) is 4.82. The summed E-state index contributed by atoms with van der Waals surface area (Å²) >= 11 is 0. The van der Waals surface area contributed by atoms with Crippen LogP contribution >= 0.6 is 0 Å². The molecule has 20 heavy (non-hydrogen) atoms. The van der Waals surface area contributed by atoms with Crippen LogP contribution in [-0.4, -0.2) is 30.3 Å². The second-order valence-corrected chi connectivity index (χ2v) is 4.82. The van der Waals surface area contributed by atoms with Gasteiger partial charge < -0.3 is 9.64 Å². The number of esters is 1. The average Bonchev–Trinajstić information content (AvgIpc) is 2.38. The van der Waals surface area contributed by atoms with Crippen LogP contribution in [-0.2, 0) is 9.53 Å². The van der Waals surface area contributed by atoms with Crippen molar-refractivity contribution in [3.8, 4) is 0 Å². The molecule has 5 heteroatoms. The highest BCUT2D eigenvalue weighted by atomic mass is 16.5. The van der Waals surface area contributed by atoms with Crippen molar-refractivity contribution in [2.75, 3.05) is 11.5 Å². The fourth-order valence-electron chi connectivity index (χ4n) is 2.50. The number of benzene rings is 1. The van der Waals surface area contributed by atoms with Gasteiger partial charge in [-0.1, -0.05) is 0 Å². The van der Waals surface area contributed by atoms with Gasteiger partial charge in [0.25, 0.3) is 0 Å². The number of fused-ring (bicyclic) bond motifs is 1. The summed E-state index contributed by atoms with van der Waals surface area (Å²) in [5.74, 6) is -0.637. The van der Waals surface area contributed by atoms with E-state index < -0.39 is 5.97 Å². The Labute approximate surface area is 117 Å². The maximum absolute atomic E-state index is 12.1. The number of hydrogen-bond acceptors (Lipinski definition) is 4. The quantitative estimate of drug-likeness (QED) is 0.776. The van der Waals surface area contributed by atoms with Crippen LogP contribution in [0.25, 0.3) is 0 Å². The summed E-state index contributed by atoms with van der Waals surface area (Å²) < 4.78 is 4.92. The third-order valence-corrected chi connectivity index (χ3v) is 3.33. The van der Waals surface area contributed by atoms with Gasteiger partial charge in [0, 0.05) is 24.9 Å². The predicted molar refractivity (Wildman–Crippen MR) is 74.0 cm³/mol. The molecule has 0 aromatic heterocycles. The summed E-state index contributed by atoms with van der Waals surface area (Å²) in [5, 5.41) is 0. The topological polar surface area (TPSA) is 63.7 Å². The van der Waals surface area contributed by atoms with E-state index in [2.05, 4.69) is 0 Å². The molecule has 1 unspecified atom stereocenters. The van der Waals surface area contributed by atoms with E-state index in [1.165, 1.54) is 13.0 Å². The number of rotatable bonds is 2. The first-order valence-corrected chi connectivity index (χ1v) is 6.59. The lowest BCUT2D eigenvalue weighted by atomic mass is 9.93. The SMILES string of the molecule is CCOC(=O)c1ccc2c(c1)C(=O)CC(C)N2C(C)=O. The Morgan fingerprint density at radius 2 is 2.10 bits per heavy atom. The zero-order valence-electron chi connectivity index (χ0n) is 11.8. The van der Waals surface area contributed by atoms with E-state index in [4.69, 9.17) is 4.74 Å². The molecular weight excluding hydrogens is 258 g/mol. The molecule has 5 nitrogen and oxygen atoms in total. The number of amides is 1. The summed E-state index contributed by atoms with van der Waals surface area (Å²) in [6.07, 6.45) is 0.263. The largest absolute Gasteiger partial charge is 0.462 e. The number of ether oxygens (including phenoxy) is 1. The Bertz CT molecular complexity index is 579. The van der Waals surface area contributed by atoms with Gasteiger partial charge >= 0.3 is 5.97 Å². The molecule has 0 saturated carbocycles. The van der Waals surface area contributed by atoms with Crippen LogP contribution in [0.3, 0.4) is 0 Å². The molecule has 1 aliphatic rings. The lowest BCUT2D eigenvalue weighted by molar-refractivity contribution is -0.117. The summed E-state index contributed by atoms with van der Waals surface area (Å²) in [6.45, 7) is 5.30. The van der Waals surface area contributed by atoms with E-state index in [1.54, 1.807) is 24.0 Å². The van der Waals surface area contributed by atoms with Gasteiger partial charge in [-0.25, -0.2) is 4.79 Å². The minimum absolute atomic E-state index is 0.0591. The van der Waals surface area contributed by atoms with Gasteiger partial charge in [-0.2, -0.15) is 0 Å². The van der Waals surface area contributed by atoms with E-state index >= 15 is 0 Å². The standard InChI is InChI=1S/C15H17NO4/c1-4-20-15(19)11-5-6-13-12(8-11)14(18)7-9(2)16(13)10(3)17/h5-6,8-9H,4,7H2,1-3H3. The van der Waals surface area contributed by atoms with Crippen LogP contribution in [0.4, 0.5) is 5.69 Å². The monoisotopic (exact) mass is 275 g/mol. The van der Waals surface area contributed by atoms with Crippen molar-refractivity contribution in [3.63, 3.8) is 0 Å². The Hall–Kier alpha value is -2.17. The molecule has 0 fully saturated rings. The van der Waals surface area contributed by atoms with Gasteiger partial charge in [-0.05, 0) is 32.0 Å². The number of carbonyl (C=O) groups excluding carboxylic acids is 3. The van der Waals surface area contributed by atoms with Crippen LogP contribution in [0, 0.1) is 0 Å². The molecule has 0 saturated heterocycles. The number of ketones is 1. The molecule has 1 amide bonds. The van der Waals surface area contributed by atoms with Crippen molar-refractivity contribution in [3.05, 3.63) is 29.3 Å². The molecule has 1 aliphatic heterocycles. The van der Waals surface area contributed by atoms with Crippen molar-refractivity contribution in [2.24, 2.45) is 0 Å². The highest BCUT2D eigenvalue weighted by molar-refractivity contribution is 6.10. The molecule has 2 rings (SSSR count). The predicted octanol–water partition coefficient (Wildman–Crippen LogP) is 2.19. The molecule has 1 aromatic rings. The average molecular weight is 275 g/mol. The zero-order valence-corrected chi connectivity index (χ0v) is 11.8. The Morgan fingerprint density at radius 3 is 2.70 bits per heavy atom. The van der Waals surface area contributed by atoms with Gasteiger partial charge in [0.1, 0.15) is 0 Å². The zero-order chi connectivity index (χ0) is 14.9. The first-order chi connectivity index (χ1) is 9.45. The van der Waals surface area contributed by atoms with Gasteiger partial charge in [-0.3, -0.25) is 9.59 Å². The van der Waals surface area contributed by atoms with Crippen molar-refractivity contribution in [2.45, 2.75) is 33.2 Å². The smallest absolute Gasteiger partial charge is 0.338 e. The van der Waals surface area contributed by atoms with Gasteiger partial charge in [-0.15, -0.1) is 0 Å².